The number of hydrogen-bond acceptors (Lipinski definition) is 3. The van der Waals surface area contributed by atoms with Crippen LogP contribution in [0.1, 0.15) is 12.8 Å². The summed E-state index contributed by atoms with van der Waals surface area (Å²) in [6, 6.07) is -0.356. The molecule has 0 saturated carbocycles. The molecule has 5 N–H and O–H groups in total. The fourth-order valence-corrected chi connectivity index (χ4v) is 1.49. The van der Waals surface area contributed by atoms with Crippen molar-refractivity contribution in [3.05, 3.63) is 0 Å². The topological polar surface area (TPSA) is 101 Å². The Labute approximate surface area is 76.2 Å². The number of carbonyl (C=O) groups is 2. The number of nitrogens with zero attached hydrogens (tertiary/aromatic N) is 1. The van der Waals surface area contributed by atoms with E-state index < -0.39 is 0 Å². The maximum Gasteiger partial charge on any atom is 0.331 e. The maximum atomic E-state index is 11.1. The first-order valence-electron chi connectivity index (χ1n) is 4.20. The molecule has 6 heteroatoms. The minimum Gasteiger partial charge on any atom is -0.369 e. The highest BCUT2D eigenvalue weighted by molar-refractivity contribution is 5.79. The molecular formula is C7H14N4O2. The summed E-state index contributed by atoms with van der Waals surface area (Å²) in [5, 5.41) is 0. The van der Waals surface area contributed by atoms with Crippen LogP contribution in [0.3, 0.4) is 0 Å². The van der Waals surface area contributed by atoms with Gasteiger partial charge in [0.15, 0.2) is 0 Å². The van der Waals surface area contributed by atoms with E-state index >= 15 is 0 Å². The maximum absolute atomic E-state index is 11.1. The van der Waals surface area contributed by atoms with Crippen LogP contribution >= 0.6 is 0 Å². The summed E-state index contributed by atoms with van der Waals surface area (Å²) in [7, 11) is 0. The van der Waals surface area contributed by atoms with Gasteiger partial charge in [0.05, 0.1) is 5.92 Å². The van der Waals surface area contributed by atoms with E-state index in [0.717, 1.165) is 12.8 Å². The monoisotopic (exact) mass is 186 g/mol. The van der Waals surface area contributed by atoms with Gasteiger partial charge in [0.25, 0.3) is 0 Å². The molecule has 3 amide bonds. The summed E-state index contributed by atoms with van der Waals surface area (Å²) in [6.07, 6.45) is 1.55. The minimum absolute atomic E-state index is 0.231. The van der Waals surface area contributed by atoms with Crippen LogP contribution in [0.2, 0.25) is 0 Å². The van der Waals surface area contributed by atoms with Gasteiger partial charge in [-0.2, -0.15) is 0 Å². The molecule has 74 valence electrons. The van der Waals surface area contributed by atoms with Crippen molar-refractivity contribution in [2.75, 3.05) is 13.1 Å². The third-order valence-electron chi connectivity index (χ3n) is 2.23. The summed E-state index contributed by atoms with van der Waals surface area (Å²) >= 11 is 0. The number of likely N-dealkylation sites (tertiary alicyclic amines) is 1. The first kappa shape index (κ1) is 9.79. The first-order valence-corrected chi connectivity index (χ1v) is 4.20. The second-order valence-corrected chi connectivity index (χ2v) is 3.14. The molecule has 0 aromatic carbocycles. The second-order valence-electron chi connectivity index (χ2n) is 3.14. The average molecular weight is 186 g/mol. The Hall–Kier alpha value is -1.30. The van der Waals surface area contributed by atoms with E-state index in [2.05, 4.69) is 0 Å². The molecule has 13 heavy (non-hydrogen) atoms. The van der Waals surface area contributed by atoms with E-state index in [1.807, 2.05) is 5.43 Å². The van der Waals surface area contributed by atoms with Crippen molar-refractivity contribution in [1.29, 1.82) is 0 Å². The average Bonchev–Trinajstić information content (AvgIpc) is 2.17. The van der Waals surface area contributed by atoms with E-state index in [4.69, 9.17) is 11.6 Å². The van der Waals surface area contributed by atoms with Crippen LogP contribution in [0.15, 0.2) is 0 Å². The molecule has 0 aromatic rings. The highest BCUT2D eigenvalue weighted by Crippen LogP contribution is 2.15. The van der Waals surface area contributed by atoms with Gasteiger partial charge in [-0.25, -0.2) is 10.6 Å². The summed E-state index contributed by atoms with van der Waals surface area (Å²) in [6.45, 7) is 1.01. The third kappa shape index (κ3) is 2.32. The van der Waals surface area contributed by atoms with E-state index in [-0.39, 0.29) is 17.9 Å². The normalized spacial score (nSPS) is 22.5. The van der Waals surface area contributed by atoms with Crippen LogP contribution in [0.4, 0.5) is 4.79 Å². The lowest BCUT2D eigenvalue weighted by molar-refractivity contribution is -0.123. The zero-order valence-electron chi connectivity index (χ0n) is 7.32. The summed E-state index contributed by atoms with van der Waals surface area (Å²) < 4.78 is 0. The zero-order valence-corrected chi connectivity index (χ0v) is 7.32. The Morgan fingerprint density at radius 2 is 2.15 bits per heavy atom. The van der Waals surface area contributed by atoms with Gasteiger partial charge < -0.3 is 10.6 Å². The number of nitrogens with two attached hydrogens (primary N) is 2. The molecule has 1 saturated heterocycles. The molecule has 0 radical (unpaired) electrons. The molecule has 6 nitrogen and oxygen atoms in total. The highest BCUT2D eigenvalue weighted by Gasteiger charge is 2.26. The molecule has 1 aliphatic heterocycles. The van der Waals surface area contributed by atoms with Gasteiger partial charge >= 0.3 is 6.03 Å². The third-order valence-corrected chi connectivity index (χ3v) is 2.23. The van der Waals surface area contributed by atoms with Gasteiger partial charge in [-0.05, 0) is 12.8 Å². The molecule has 0 aliphatic carbocycles. The Morgan fingerprint density at radius 3 is 2.69 bits per heavy atom. The number of nitrogens with one attached hydrogen (secondary N) is 1. The van der Waals surface area contributed by atoms with Crippen LogP contribution < -0.4 is 17.0 Å². The molecular weight excluding hydrogens is 172 g/mol. The molecule has 1 fully saturated rings. The van der Waals surface area contributed by atoms with E-state index in [1.165, 1.54) is 4.90 Å². The van der Waals surface area contributed by atoms with Crippen LogP contribution in [-0.2, 0) is 4.79 Å². The van der Waals surface area contributed by atoms with Crippen molar-refractivity contribution in [2.24, 2.45) is 17.5 Å². The lowest BCUT2D eigenvalue weighted by Gasteiger charge is -2.30. The van der Waals surface area contributed by atoms with E-state index in [9.17, 15) is 9.59 Å². The quantitative estimate of drug-likeness (QED) is 0.271. The number of piperidine rings is 1. The molecule has 0 bridgehead atoms. The smallest absolute Gasteiger partial charge is 0.331 e. The number of hydrazine groups is 1. The molecule has 1 rings (SSSR count). The SMILES string of the molecule is NNC(=O)N1CCCC(C(N)=O)C1. The van der Waals surface area contributed by atoms with E-state index in [1.54, 1.807) is 0 Å². The van der Waals surface area contributed by atoms with Crippen LogP contribution in [0, 0.1) is 5.92 Å². The van der Waals surface area contributed by atoms with Crippen molar-refractivity contribution >= 4 is 11.9 Å². The number of carbonyl (C=O) groups excluding carboxylic acids is 2. The van der Waals surface area contributed by atoms with Crippen molar-refractivity contribution < 1.29 is 9.59 Å². The fraction of sp³-hybridized carbons (Fsp3) is 0.714. The van der Waals surface area contributed by atoms with Crippen LogP contribution in [0.25, 0.3) is 0 Å². The number of amides is 3. The van der Waals surface area contributed by atoms with Crippen molar-refractivity contribution in [3.8, 4) is 0 Å². The number of rotatable bonds is 1. The molecule has 1 heterocycles. The predicted octanol–water partition coefficient (Wildman–Crippen LogP) is -1.23. The van der Waals surface area contributed by atoms with Gasteiger partial charge in [0, 0.05) is 13.1 Å². The Bertz CT molecular complexity index is 219. The molecule has 0 spiro atoms. The Kier molecular flexibility index (Phi) is 3.07. The largest absolute Gasteiger partial charge is 0.369 e. The number of urea groups is 1. The minimum atomic E-state index is -0.356. The van der Waals surface area contributed by atoms with Crippen molar-refractivity contribution in [2.45, 2.75) is 12.8 Å². The Morgan fingerprint density at radius 1 is 1.46 bits per heavy atom. The highest BCUT2D eigenvalue weighted by atomic mass is 16.2. The summed E-state index contributed by atoms with van der Waals surface area (Å²) in [5.41, 5.74) is 7.17. The van der Waals surface area contributed by atoms with Gasteiger partial charge in [0.1, 0.15) is 0 Å². The number of primary amides is 1. The predicted molar refractivity (Wildman–Crippen MR) is 46.2 cm³/mol. The van der Waals surface area contributed by atoms with Gasteiger partial charge in [-0.15, -0.1) is 0 Å². The van der Waals surface area contributed by atoms with Gasteiger partial charge in [-0.1, -0.05) is 0 Å². The van der Waals surface area contributed by atoms with Crippen LogP contribution in [-0.4, -0.2) is 29.9 Å². The fourth-order valence-electron chi connectivity index (χ4n) is 1.49. The zero-order chi connectivity index (χ0) is 9.84. The Balaban J connectivity index is 2.51. The standard InChI is InChI=1S/C7H14N4O2/c8-6(12)5-2-1-3-11(4-5)7(13)10-9/h5H,1-4,9H2,(H2,8,12)(H,10,13). The van der Waals surface area contributed by atoms with E-state index in [0.29, 0.717) is 13.1 Å². The molecule has 0 aromatic heterocycles. The molecule has 1 atom stereocenters. The van der Waals surface area contributed by atoms with Crippen molar-refractivity contribution in [1.82, 2.24) is 10.3 Å². The lowest BCUT2D eigenvalue weighted by atomic mass is 9.98. The van der Waals surface area contributed by atoms with Gasteiger partial charge in [0.2, 0.25) is 5.91 Å². The van der Waals surface area contributed by atoms with Crippen LogP contribution in [0.5, 0.6) is 0 Å². The summed E-state index contributed by atoms with van der Waals surface area (Å²) in [5.74, 6) is 4.38. The summed E-state index contributed by atoms with van der Waals surface area (Å²) in [4.78, 5) is 23.4. The molecule has 1 aliphatic rings. The molecule has 1 unspecified atom stereocenters. The first-order chi connectivity index (χ1) is 6.15. The number of hydrogen-bond donors (Lipinski definition) is 3. The van der Waals surface area contributed by atoms with Gasteiger partial charge in [-0.3, -0.25) is 10.2 Å². The second kappa shape index (κ2) is 4.08. The lowest BCUT2D eigenvalue weighted by Crippen LogP contribution is -2.49. The van der Waals surface area contributed by atoms with Crippen molar-refractivity contribution in [3.63, 3.8) is 0 Å².